The van der Waals surface area contributed by atoms with Gasteiger partial charge in [0.1, 0.15) is 0 Å². The highest BCUT2D eigenvalue weighted by molar-refractivity contribution is 7.15. The first kappa shape index (κ1) is 13.0. The molecule has 18 heavy (non-hydrogen) atoms. The second-order valence-corrected chi connectivity index (χ2v) is 6.36. The van der Waals surface area contributed by atoms with E-state index in [0.717, 1.165) is 16.6 Å². The Morgan fingerprint density at radius 2 is 2.17 bits per heavy atom. The Morgan fingerprint density at radius 3 is 2.78 bits per heavy atom. The number of anilines is 1. The standard InChI is InChI=1S/C12H14N2O2S2/c1-7-4-5-9(17-7)6-13-12-14-10(8(2)18-12)11(15)16-3/h4-5H,6H2,1-3H3,(H,13,14). The van der Waals surface area contributed by atoms with Crippen molar-refractivity contribution >= 4 is 33.8 Å². The third-order valence-electron chi connectivity index (χ3n) is 2.39. The summed E-state index contributed by atoms with van der Waals surface area (Å²) >= 11 is 3.22. The molecule has 4 nitrogen and oxygen atoms in total. The summed E-state index contributed by atoms with van der Waals surface area (Å²) in [6.07, 6.45) is 0. The minimum absolute atomic E-state index is 0.385. The van der Waals surface area contributed by atoms with Gasteiger partial charge in [0.15, 0.2) is 10.8 Å². The average Bonchev–Trinajstić information content (AvgIpc) is 2.92. The van der Waals surface area contributed by atoms with Gasteiger partial charge in [-0.05, 0) is 26.0 Å². The van der Waals surface area contributed by atoms with Crippen LogP contribution in [0.1, 0.15) is 25.1 Å². The molecule has 0 atom stereocenters. The lowest BCUT2D eigenvalue weighted by Crippen LogP contribution is -2.04. The van der Waals surface area contributed by atoms with E-state index < -0.39 is 0 Å². The lowest BCUT2D eigenvalue weighted by Gasteiger charge is -1.98. The van der Waals surface area contributed by atoms with Crippen LogP contribution in [0.5, 0.6) is 0 Å². The van der Waals surface area contributed by atoms with Gasteiger partial charge in [0.05, 0.1) is 13.7 Å². The number of hydrogen-bond donors (Lipinski definition) is 1. The summed E-state index contributed by atoms with van der Waals surface area (Å²) in [7, 11) is 1.36. The fourth-order valence-electron chi connectivity index (χ4n) is 1.50. The minimum atomic E-state index is -0.385. The summed E-state index contributed by atoms with van der Waals surface area (Å²) in [4.78, 5) is 19.1. The number of rotatable bonds is 4. The summed E-state index contributed by atoms with van der Waals surface area (Å²) < 4.78 is 4.68. The van der Waals surface area contributed by atoms with E-state index in [4.69, 9.17) is 0 Å². The van der Waals surface area contributed by atoms with Crippen molar-refractivity contribution in [2.24, 2.45) is 0 Å². The maximum atomic E-state index is 11.4. The number of thiophene rings is 1. The van der Waals surface area contributed by atoms with Crippen LogP contribution in [0.15, 0.2) is 12.1 Å². The van der Waals surface area contributed by atoms with Crippen LogP contribution in [-0.2, 0) is 11.3 Å². The molecule has 96 valence electrons. The van der Waals surface area contributed by atoms with Gasteiger partial charge in [-0.15, -0.1) is 22.7 Å². The van der Waals surface area contributed by atoms with E-state index in [9.17, 15) is 4.79 Å². The van der Waals surface area contributed by atoms with E-state index in [1.165, 1.54) is 28.2 Å². The quantitative estimate of drug-likeness (QED) is 0.875. The third kappa shape index (κ3) is 2.88. The van der Waals surface area contributed by atoms with Gasteiger partial charge in [0, 0.05) is 14.6 Å². The predicted molar refractivity (Wildman–Crippen MR) is 74.6 cm³/mol. The SMILES string of the molecule is COC(=O)c1nc(NCc2ccc(C)s2)sc1C. The number of nitrogens with zero attached hydrogens (tertiary/aromatic N) is 1. The van der Waals surface area contributed by atoms with Gasteiger partial charge in [-0.3, -0.25) is 0 Å². The summed E-state index contributed by atoms with van der Waals surface area (Å²) in [5.41, 5.74) is 0.396. The molecule has 0 aliphatic heterocycles. The summed E-state index contributed by atoms with van der Waals surface area (Å²) in [5, 5.41) is 3.97. The third-order valence-corrected chi connectivity index (χ3v) is 4.31. The molecule has 0 saturated carbocycles. The van der Waals surface area contributed by atoms with E-state index in [2.05, 4.69) is 34.1 Å². The number of thiazole rings is 1. The van der Waals surface area contributed by atoms with Crippen LogP contribution in [0.25, 0.3) is 0 Å². The van der Waals surface area contributed by atoms with Gasteiger partial charge in [0.25, 0.3) is 0 Å². The van der Waals surface area contributed by atoms with Crippen LogP contribution in [0.3, 0.4) is 0 Å². The Kier molecular flexibility index (Phi) is 3.98. The van der Waals surface area contributed by atoms with E-state index >= 15 is 0 Å². The molecule has 0 aromatic carbocycles. The van der Waals surface area contributed by atoms with Crippen LogP contribution >= 0.6 is 22.7 Å². The van der Waals surface area contributed by atoms with E-state index in [1.807, 2.05) is 6.92 Å². The summed E-state index contributed by atoms with van der Waals surface area (Å²) in [5.74, 6) is -0.385. The molecule has 0 amide bonds. The maximum Gasteiger partial charge on any atom is 0.357 e. The van der Waals surface area contributed by atoms with Crippen molar-refractivity contribution in [3.63, 3.8) is 0 Å². The van der Waals surface area contributed by atoms with Crippen molar-refractivity contribution < 1.29 is 9.53 Å². The van der Waals surface area contributed by atoms with Crippen LogP contribution in [-0.4, -0.2) is 18.1 Å². The van der Waals surface area contributed by atoms with Crippen LogP contribution in [0.4, 0.5) is 5.13 Å². The monoisotopic (exact) mass is 282 g/mol. The number of aryl methyl sites for hydroxylation is 2. The number of esters is 1. The number of carbonyl (C=O) groups is 1. The maximum absolute atomic E-state index is 11.4. The van der Waals surface area contributed by atoms with Gasteiger partial charge >= 0.3 is 5.97 Å². The Hall–Kier alpha value is -1.40. The molecule has 0 aliphatic carbocycles. The van der Waals surface area contributed by atoms with E-state index in [-0.39, 0.29) is 5.97 Å². The molecule has 2 aromatic rings. The topological polar surface area (TPSA) is 51.2 Å². The highest BCUT2D eigenvalue weighted by Crippen LogP contribution is 2.24. The molecule has 0 spiro atoms. The predicted octanol–water partition coefficient (Wildman–Crippen LogP) is 3.22. The highest BCUT2D eigenvalue weighted by Gasteiger charge is 2.15. The number of hydrogen-bond acceptors (Lipinski definition) is 6. The van der Waals surface area contributed by atoms with Crippen molar-refractivity contribution in [1.29, 1.82) is 0 Å². The van der Waals surface area contributed by atoms with Crippen molar-refractivity contribution in [2.75, 3.05) is 12.4 Å². The first-order valence-corrected chi connectivity index (χ1v) is 7.08. The smallest absolute Gasteiger partial charge is 0.357 e. The minimum Gasteiger partial charge on any atom is -0.464 e. The average molecular weight is 282 g/mol. The Morgan fingerprint density at radius 1 is 1.39 bits per heavy atom. The first-order chi connectivity index (χ1) is 8.60. The molecule has 0 saturated heterocycles. The lowest BCUT2D eigenvalue weighted by molar-refractivity contribution is 0.0594. The van der Waals surface area contributed by atoms with Crippen molar-refractivity contribution in [1.82, 2.24) is 4.98 Å². The molecule has 6 heteroatoms. The second-order valence-electron chi connectivity index (χ2n) is 3.78. The van der Waals surface area contributed by atoms with Gasteiger partial charge in [0.2, 0.25) is 0 Å². The van der Waals surface area contributed by atoms with E-state index in [1.54, 1.807) is 11.3 Å². The van der Waals surface area contributed by atoms with Gasteiger partial charge in [-0.1, -0.05) is 0 Å². The van der Waals surface area contributed by atoms with Crippen LogP contribution < -0.4 is 5.32 Å². The Labute approximate surface area is 114 Å². The molecule has 2 heterocycles. The molecular weight excluding hydrogens is 268 g/mol. The highest BCUT2D eigenvalue weighted by atomic mass is 32.1. The molecule has 0 radical (unpaired) electrons. The van der Waals surface area contributed by atoms with Crippen LogP contribution in [0.2, 0.25) is 0 Å². The Balaban J connectivity index is 2.04. The molecule has 0 fully saturated rings. The van der Waals surface area contributed by atoms with Crippen molar-refractivity contribution in [3.8, 4) is 0 Å². The second kappa shape index (κ2) is 5.49. The summed E-state index contributed by atoms with van der Waals surface area (Å²) in [6, 6.07) is 4.18. The zero-order chi connectivity index (χ0) is 13.1. The fourth-order valence-corrected chi connectivity index (χ4v) is 3.13. The van der Waals surface area contributed by atoms with Crippen LogP contribution in [0, 0.1) is 13.8 Å². The molecule has 2 aromatic heterocycles. The largest absolute Gasteiger partial charge is 0.464 e. The molecule has 0 aliphatic rings. The first-order valence-electron chi connectivity index (χ1n) is 5.45. The number of carbonyl (C=O) groups excluding carboxylic acids is 1. The molecule has 1 N–H and O–H groups in total. The van der Waals surface area contributed by atoms with Gasteiger partial charge < -0.3 is 10.1 Å². The fraction of sp³-hybridized carbons (Fsp3) is 0.333. The molecule has 2 rings (SSSR count). The summed E-state index contributed by atoms with van der Waals surface area (Å²) in [6.45, 7) is 4.67. The number of nitrogens with one attached hydrogen (secondary N) is 1. The van der Waals surface area contributed by atoms with Gasteiger partial charge in [-0.2, -0.15) is 0 Å². The number of methoxy groups -OCH3 is 1. The Bertz CT molecular complexity index is 560. The molecule has 0 unspecified atom stereocenters. The number of aromatic nitrogens is 1. The van der Waals surface area contributed by atoms with Crippen molar-refractivity contribution in [3.05, 3.63) is 32.5 Å². The van der Waals surface area contributed by atoms with E-state index in [0.29, 0.717) is 5.69 Å². The normalized spacial score (nSPS) is 10.4. The zero-order valence-electron chi connectivity index (χ0n) is 10.4. The lowest BCUT2D eigenvalue weighted by atomic mass is 10.4. The van der Waals surface area contributed by atoms with Gasteiger partial charge in [-0.25, -0.2) is 9.78 Å². The zero-order valence-corrected chi connectivity index (χ0v) is 12.1. The molecular formula is C12H14N2O2S2. The van der Waals surface area contributed by atoms with Crippen molar-refractivity contribution in [2.45, 2.75) is 20.4 Å². The number of ether oxygens (including phenoxy) is 1. The molecule has 0 bridgehead atoms.